The zero-order valence-corrected chi connectivity index (χ0v) is 31.4. The summed E-state index contributed by atoms with van der Waals surface area (Å²) in [7, 11) is -5.91. The van der Waals surface area contributed by atoms with Gasteiger partial charge in [0.15, 0.2) is 9.04 Å². The van der Waals surface area contributed by atoms with E-state index < -0.39 is 33.3 Å². The summed E-state index contributed by atoms with van der Waals surface area (Å²) >= 11 is 0. The van der Waals surface area contributed by atoms with E-state index in [0.717, 1.165) is 0 Å². The molecule has 0 spiro atoms. The Morgan fingerprint density at radius 2 is 0.939 bits per heavy atom. The predicted molar refractivity (Wildman–Crippen MR) is 151 cm³/mol. The molecule has 0 aliphatic rings. The fourth-order valence-corrected chi connectivity index (χ4v) is 48.3. The summed E-state index contributed by atoms with van der Waals surface area (Å²) < 4.78 is 15.4. The monoisotopic (exact) mass is 695 g/mol. The van der Waals surface area contributed by atoms with Gasteiger partial charge in [-0.3, -0.25) is 0 Å². The van der Waals surface area contributed by atoms with Crippen molar-refractivity contribution in [2.24, 2.45) is 0 Å². The van der Waals surface area contributed by atoms with E-state index in [-0.39, 0.29) is 21.1 Å². The molecular weight excluding hydrogens is 644 g/mol. The van der Waals surface area contributed by atoms with Crippen molar-refractivity contribution in [1.82, 2.24) is 0 Å². The molecule has 0 radical (unpaired) electrons. The summed E-state index contributed by atoms with van der Waals surface area (Å²) in [6.07, 6.45) is 0. The Labute approximate surface area is 225 Å². The summed E-state index contributed by atoms with van der Waals surface area (Å²) in [6, 6.07) is 0. The molecule has 1 rings (SSSR count). The molecule has 0 saturated carbocycles. The second-order valence-electron chi connectivity index (χ2n) is 12.4. The predicted octanol–water partition coefficient (Wildman–Crippen LogP) is 7.36. The normalized spacial score (nSPS) is 12.7. The van der Waals surface area contributed by atoms with Crippen LogP contribution in [0.5, 0.6) is 0 Å². The van der Waals surface area contributed by atoms with E-state index in [9.17, 15) is 4.80 Å². The maximum absolute atomic E-state index is 11.3. The van der Waals surface area contributed by atoms with Crippen LogP contribution in [0.4, 0.5) is 0 Å². The SMILES string of the molecule is CC(C)[SiH](O)C([Si](C)(C)C)([Si](C)(C)C)[Si](C)(C)C.Cc1c(C)c(C)[c-](C)c1C.[C-]#[O+].[C-]#[O+].[W]. The van der Waals surface area contributed by atoms with Gasteiger partial charge >= 0.3 is 22.6 Å². The maximum Gasteiger partial charge on any atom is 0 e. The second kappa shape index (κ2) is 15.5. The van der Waals surface area contributed by atoms with Crippen LogP contribution < -0.4 is 0 Å². The summed E-state index contributed by atoms with van der Waals surface area (Å²) in [5.41, 5.74) is 7.85. The van der Waals surface area contributed by atoms with Gasteiger partial charge in [-0.2, -0.15) is 27.8 Å². The van der Waals surface area contributed by atoms with Crippen molar-refractivity contribution in [3.05, 3.63) is 41.1 Å². The van der Waals surface area contributed by atoms with Crippen LogP contribution in [0, 0.1) is 47.9 Å². The van der Waals surface area contributed by atoms with E-state index in [0.29, 0.717) is 9.45 Å². The van der Waals surface area contributed by atoms with Gasteiger partial charge in [0.25, 0.3) is 0 Å². The molecule has 0 heterocycles. The molecule has 0 aliphatic carbocycles. The summed E-state index contributed by atoms with van der Waals surface area (Å²) in [6.45, 7) is 47.2. The van der Waals surface area contributed by atoms with Crippen molar-refractivity contribution < 1.29 is 35.2 Å². The van der Waals surface area contributed by atoms with E-state index in [1.807, 2.05) is 0 Å². The van der Waals surface area contributed by atoms with Crippen molar-refractivity contribution in [2.75, 3.05) is 0 Å². The molecular formula is C25H51O3Si4W-. The first kappa shape index (κ1) is 40.5. The van der Waals surface area contributed by atoms with Crippen molar-refractivity contribution >= 4 is 33.3 Å². The van der Waals surface area contributed by atoms with E-state index in [2.05, 4.69) is 121 Å². The molecule has 1 N–H and O–H groups in total. The molecule has 0 bridgehead atoms. The van der Waals surface area contributed by atoms with Crippen molar-refractivity contribution in [3.63, 3.8) is 0 Å². The molecule has 0 aromatic heterocycles. The number of hydrogen-bond donors (Lipinski definition) is 1. The Bertz CT molecular complexity index is 624. The quantitative estimate of drug-likeness (QED) is 0.196. The zero-order chi connectivity index (χ0) is 27.0. The van der Waals surface area contributed by atoms with Gasteiger partial charge < -0.3 is 4.80 Å². The van der Waals surface area contributed by atoms with Crippen LogP contribution in [0.25, 0.3) is 0 Å². The standard InChI is InChI=1S/C13H36OSi4.C10H15.2CO.W/c1-12(2)15(14)13(16(3,4)5,17(6,7)8)18(9,10)11;1-6-7(2)9(4)10(5)8(6)3;2*1-2;/h12,14-15H,1-11H3;1-5H3;;;/q;-1;;;. The van der Waals surface area contributed by atoms with Crippen LogP contribution in [0.15, 0.2) is 0 Å². The average Bonchev–Trinajstić information content (AvgIpc) is 2.80. The molecule has 0 saturated heterocycles. The smallest absolute Gasteiger partial charge is 0 e. The first-order chi connectivity index (χ1) is 14.2. The van der Waals surface area contributed by atoms with E-state index in [1.54, 1.807) is 0 Å². The van der Waals surface area contributed by atoms with Crippen molar-refractivity contribution in [2.45, 2.75) is 117 Å². The fraction of sp³-hybridized carbons (Fsp3) is 0.720. The third kappa shape index (κ3) is 9.06. The van der Waals surface area contributed by atoms with Gasteiger partial charge in [-0.05, 0) is 9.45 Å². The summed E-state index contributed by atoms with van der Waals surface area (Å²) in [5, 5.41) is 0. The van der Waals surface area contributed by atoms with Gasteiger partial charge in [0.05, 0.1) is 0 Å². The Balaban J connectivity index is -0.000000237. The molecule has 1 unspecified atom stereocenters. The number of rotatable bonds is 5. The topological polar surface area (TPSA) is 60.0 Å². The van der Waals surface area contributed by atoms with Gasteiger partial charge in [-0.1, -0.05) is 107 Å². The number of hydrogen-bond acceptors (Lipinski definition) is 1. The minimum Gasteiger partial charge on any atom is 0 e. The molecule has 1 atom stereocenters. The van der Waals surface area contributed by atoms with Crippen LogP contribution in [-0.2, 0) is 30.4 Å². The van der Waals surface area contributed by atoms with Gasteiger partial charge in [-0.15, -0.1) is 0 Å². The Morgan fingerprint density at radius 1 is 0.727 bits per heavy atom. The maximum atomic E-state index is 11.3. The van der Waals surface area contributed by atoms with E-state index in [1.165, 1.54) is 27.8 Å². The Hall–Kier alpha value is 0.346. The average molecular weight is 696 g/mol. The van der Waals surface area contributed by atoms with E-state index >= 15 is 0 Å². The summed E-state index contributed by atoms with van der Waals surface area (Å²) in [4.78, 5) is 11.3. The second-order valence-corrected chi connectivity index (χ2v) is 34.6. The zero-order valence-electron chi connectivity index (χ0n) is 24.3. The minimum atomic E-state index is -1.72. The van der Waals surface area contributed by atoms with Crippen molar-refractivity contribution in [1.29, 1.82) is 0 Å². The molecule has 192 valence electrons. The van der Waals surface area contributed by atoms with Gasteiger partial charge in [-0.25, -0.2) is 0 Å². The molecule has 1 aromatic carbocycles. The van der Waals surface area contributed by atoms with Crippen LogP contribution >= 0.6 is 0 Å². The van der Waals surface area contributed by atoms with Crippen LogP contribution in [0.1, 0.15) is 41.7 Å². The summed E-state index contributed by atoms with van der Waals surface area (Å²) in [5.74, 6) is 0. The minimum absolute atomic E-state index is 0. The molecule has 33 heavy (non-hydrogen) atoms. The molecule has 3 nitrogen and oxygen atoms in total. The van der Waals surface area contributed by atoms with Crippen LogP contribution in [0.2, 0.25) is 68.4 Å². The van der Waals surface area contributed by atoms with Gasteiger partial charge in [0.1, 0.15) is 0 Å². The molecule has 8 heteroatoms. The molecule has 1 aromatic rings. The third-order valence-corrected chi connectivity index (χ3v) is 40.6. The van der Waals surface area contributed by atoms with Crippen LogP contribution in [-0.4, -0.2) is 38.1 Å². The van der Waals surface area contributed by atoms with Crippen LogP contribution in [0.3, 0.4) is 0 Å². The fourth-order valence-electron chi connectivity index (χ4n) is 6.61. The van der Waals surface area contributed by atoms with E-state index in [4.69, 9.17) is 9.30 Å². The van der Waals surface area contributed by atoms with Crippen molar-refractivity contribution in [3.8, 4) is 0 Å². The Kier molecular flexibility index (Phi) is 19.0. The first-order valence-corrected chi connectivity index (χ1v) is 23.7. The molecule has 0 amide bonds. The Morgan fingerprint density at radius 3 is 1.00 bits per heavy atom. The first-order valence-electron chi connectivity index (χ1n) is 11.4. The molecule has 0 fully saturated rings. The van der Waals surface area contributed by atoms with Gasteiger partial charge in [0.2, 0.25) is 0 Å². The van der Waals surface area contributed by atoms with Gasteiger partial charge in [0, 0.05) is 45.3 Å². The third-order valence-electron chi connectivity index (χ3n) is 7.44. The molecule has 0 aliphatic heterocycles. The largest absolute Gasteiger partial charge is 0 e.